The van der Waals surface area contributed by atoms with Crippen LogP contribution in [0.2, 0.25) is 0 Å². The minimum absolute atomic E-state index is 0.0239. The average molecular weight is 253 g/mol. The molecule has 0 spiro atoms. The van der Waals surface area contributed by atoms with Gasteiger partial charge in [-0.3, -0.25) is 0 Å². The molecule has 0 saturated heterocycles. The van der Waals surface area contributed by atoms with E-state index in [1.807, 2.05) is 18.9 Å². The van der Waals surface area contributed by atoms with E-state index < -0.39 is 5.97 Å². The van der Waals surface area contributed by atoms with Crippen LogP contribution in [0.25, 0.3) is 0 Å². The molecule has 0 heterocycles. The highest BCUT2D eigenvalue weighted by atomic mass is 16.5. The number of aromatic carboxylic acids is 1. The number of hydrogen-bond donors (Lipinski definition) is 2. The van der Waals surface area contributed by atoms with Gasteiger partial charge >= 0.3 is 5.97 Å². The zero-order chi connectivity index (χ0) is 13.5. The molecular weight excluding hydrogens is 234 g/mol. The first-order chi connectivity index (χ1) is 8.56. The van der Waals surface area contributed by atoms with Crippen molar-refractivity contribution in [2.75, 3.05) is 38.3 Å². The smallest absolute Gasteiger partial charge is 0.335 e. The normalized spacial score (nSPS) is 10.4. The Morgan fingerprint density at radius 3 is 2.67 bits per heavy atom. The Hall–Kier alpha value is -1.59. The number of nitrogens with zero attached hydrogens (tertiary/aromatic N) is 1. The van der Waals surface area contributed by atoms with Crippen LogP contribution in [0.5, 0.6) is 0 Å². The summed E-state index contributed by atoms with van der Waals surface area (Å²) in [5, 5.41) is 17.5. The lowest BCUT2D eigenvalue weighted by Crippen LogP contribution is -2.24. The molecule has 0 aliphatic heterocycles. The molecule has 0 amide bonds. The molecule has 0 atom stereocenters. The number of ether oxygens (including phenoxy) is 1. The molecule has 0 fully saturated rings. The van der Waals surface area contributed by atoms with E-state index in [9.17, 15) is 4.79 Å². The summed E-state index contributed by atoms with van der Waals surface area (Å²) in [5.41, 5.74) is 2.19. The summed E-state index contributed by atoms with van der Waals surface area (Å²) in [4.78, 5) is 12.8. The van der Waals surface area contributed by atoms with Gasteiger partial charge in [0.15, 0.2) is 0 Å². The Morgan fingerprint density at radius 2 is 2.11 bits per heavy atom. The third-order valence-electron chi connectivity index (χ3n) is 2.66. The average Bonchev–Trinajstić information content (AvgIpc) is 2.34. The van der Waals surface area contributed by atoms with Crippen molar-refractivity contribution in [2.45, 2.75) is 6.92 Å². The molecule has 100 valence electrons. The first-order valence-electron chi connectivity index (χ1n) is 5.80. The van der Waals surface area contributed by atoms with Crippen molar-refractivity contribution in [1.29, 1.82) is 0 Å². The van der Waals surface area contributed by atoms with E-state index in [0.29, 0.717) is 25.3 Å². The minimum atomic E-state index is -0.918. The van der Waals surface area contributed by atoms with Gasteiger partial charge in [0.2, 0.25) is 0 Å². The van der Waals surface area contributed by atoms with Crippen molar-refractivity contribution in [3.8, 4) is 0 Å². The van der Waals surface area contributed by atoms with Gasteiger partial charge in [0.05, 0.1) is 25.4 Å². The Bertz CT molecular complexity index is 406. The van der Waals surface area contributed by atoms with Crippen molar-refractivity contribution >= 4 is 11.7 Å². The largest absolute Gasteiger partial charge is 0.478 e. The predicted octanol–water partition coefficient (Wildman–Crippen LogP) is 1.14. The van der Waals surface area contributed by atoms with Crippen molar-refractivity contribution < 1.29 is 19.7 Å². The Balaban J connectivity index is 2.62. The van der Waals surface area contributed by atoms with E-state index in [4.69, 9.17) is 14.9 Å². The predicted molar refractivity (Wildman–Crippen MR) is 69.3 cm³/mol. The third-order valence-corrected chi connectivity index (χ3v) is 2.66. The van der Waals surface area contributed by atoms with Gasteiger partial charge in [-0.1, -0.05) is 0 Å². The van der Waals surface area contributed by atoms with Crippen molar-refractivity contribution in [3.05, 3.63) is 29.3 Å². The molecule has 0 aromatic heterocycles. The minimum Gasteiger partial charge on any atom is -0.478 e. The third kappa shape index (κ3) is 4.01. The summed E-state index contributed by atoms with van der Waals surface area (Å²) in [6.45, 7) is 3.46. The van der Waals surface area contributed by atoms with Gasteiger partial charge in [0.1, 0.15) is 0 Å². The van der Waals surface area contributed by atoms with E-state index in [2.05, 4.69) is 0 Å². The SMILES string of the molecule is Cc1cc(C(=O)O)ccc1N(C)CCOCCO. The summed E-state index contributed by atoms with van der Waals surface area (Å²) in [7, 11) is 1.92. The maximum atomic E-state index is 10.8. The molecule has 0 unspecified atom stereocenters. The molecule has 0 aliphatic carbocycles. The van der Waals surface area contributed by atoms with Crippen molar-refractivity contribution in [1.82, 2.24) is 0 Å². The number of hydrogen-bond acceptors (Lipinski definition) is 4. The maximum absolute atomic E-state index is 10.8. The first-order valence-corrected chi connectivity index (χ1v) is 5.80. The fourth-order valence-electron chi connectivity index (χ4n) is 1.71. The number of aliphatic hydroxyl groups is 1. The molecule has 2 N–H and O–H groups in total. The molecule has 18 heavy (non-hydrogen) atoms. The second kappa shape index (κ2) is 6.98. The summed E-state index contributed by atoms with van der Waals surface area (Å²) < 4.78 is 5.19. The summed E-state index contributed by atoms with van der Waals surface area (Å²) in [5.74, 6) is -0.918. The van der Waals surface area contributed by atoms with Crippen LogP contribution in [-0.4, -0.2) is 49.6 Å². The number of likely N-dealkylation sites (N-methyl/N-ethyl adjacent to an activating group) is 1. The molecule has 0 bridgehead atoms. The molecule has 1 aromatic carbocycles. The lowest BCUT2D eigenvalue weighted by Gasteiger charge is -2.21. The van der Waals surface area contributed by atoms with Gasteiger partial charge in [0.25, 0.3) is 0 Å². The zero-order valence-corrected chi connectivity index (χ0v) is 10.7. The van der Waals surface area contributed by atoms with E-state index in [1.54, 1.807) is 18.2 Å². The van der Waals surface area contributed by atoms with Crippen LogP contribution < -0.4 is 4.90 Å². The van der Waals surface area contributed by atoms with Gasteiger partial charge in [-0.25, -0.2) is 4.79 Å². The number of rotatable bonds is 7. The van der Waals surface area contributed by atoms with Gasteiger partial charge < -0.3 is 19.8 Å². The van der Waals surface area contributed by atoms with Gasteiger partial charge in [0, 0.05) is 19.3 Å². The highest BCUT2D eigenvalue weighted by Crippen LogP contribution is 2.20. The molecule has 0 aliphatic rings. The second-order valence-corrected chi connectivity index (χ2v) is 4.06. The Kier molecular flexibility index (Phi) is 5.61. The summed E-state index contributed by atoms with van der Waals surface area (Å²) in [6, 6.07) is 5.04. The molecule has 5 nitrogen and oxygen atoms in total. The van der Waals surface area contributed by atoms with Crippen LogP contribution in [0, 0.1) is 6.92 Å². The molecule has 0 radical (unpaired) electrons. The number of aliphatic hydroxyl groups excluding tert-OH is 1. The van der Waals surface area contributed by atoms with Crippen LogP contribution in [0.1, 0.15) is 15.9 Å². The number of aryl methyl sites for hydroxylation is 1. The molecular formula is C13H19NO4. The van der Waals surface area contributed by atoms with Gasteiger partial charge in [-0.05, 0) is 30.7 Å². The lowest BCUT2D eigenvalue weighted by molar-refractivity contribution is 0.0697. The van der Waals surface area contributed by atoms with E-state index in [0.717, 1.165) is 11.3 Å². The maximum Gasteiger partial charge on any atom is 0.335 e. The van der Waals surface area contributed by atoms with Gasteiger partial charge in [-0.15, -0.1) is 0 Å². The Morgan fingerprint density at radius 1 is 1.39 bits per heavy atom. The zero-order valence-electron chi connectivity index (χ0n) is 10.7. The topological polar surface area (TPSA) is 70.0 Å². The summed E-state index contributed by atoms with van der Waals surface area (Å²) in [6.07, 6.45) is 0. The van der Waals surface area contributed by atoms with Crippen LogP contribution in [0.4, 0.5) is 5.69 Å². The lowest BCUT2D eigenvalue weighted by atomic mass is 10.1. The standard InChI is InChI=1S/C13H19NO4/c1-10-9-11(13(16)17)3-4-12(10)14(2)5-7-18-8-6-15/h3-4,9,15H,5-8H2,1-2H3,(H,16,17). The van der Waals surface area contributed by atoms with Gasteiger partial charge in [-0.2, -0.15) is 0 Å². The van der Waals surface area contributed by atoms with E-state index in [1.165, 1.54) is 0 Å². The fraction of sp³-hybridized carbons (Fsp3) is 0.462. The number of carbonyl (C=O) groups is 1. The fourth-order valence-corrected chi connectivity index (χ4v) is 1.71. The monoisotopic (exact) mass is 253 g/mol. The van der Waals surface area contributed by atoms with Crippen LogP contribution >= 0.6 is 0 Å². The molecule has 0 saturated carbocycles. The highest BCUT2D eigenvalue weighted by Gasteiger charge is 2.08. The van der Waals surface area contributed by atoms with Crippen LogP contribution in [-0.2, 0) is 4.74 Å². The molecule has 1 rings (SSSR count). The quantitative estimate of drug-likeness (QED) is 0.713. The van der Waals surface area contributed by atoms with Crippen LogP contribution in [0.3, 0.4) is 0 Å². The number of carboxylic acid groups (broad SMARTS) is 1. The van der Waals surface area contributed by atoms with E-state index in [-0.39, 0.29) is 6.61 Å². The van der Waals surface area contributed by atoms with Crippen molar-refractivity contribution in [2.24, 2.45) is 0 Å². The first kappa shape index (κ1) is 14.5. The number of benzene rings is 1. The van der Waals surface area contributed by atoms with Crippen LogP contribution in [0.15, 0.2) is 18.2 Å². The second-order valence-electron chi connectivity index (χ2n) is 4.06. The number of carboxylic acids is 1. The molecule has 1 aromatic rings. The summed E-state index contributed by atoms with van der Waals surface area (Å²) >= 11 is 0. The van der Waals surface area contributed by atoms with E-state index >= 15 is 0 Å². The molecule has 5 heteroatoms. The Labute approximate surface area is 107 Å². The van der Waals surface area contributed by atoms with Crippen molar-refractivity contribution in [3.63, 3.8) is 0 Å². The highest BCUT2D eigenvalue weighted by molar-refractivity contribution is 5.88. The number of anilines is 1.